The Labute approximate surface area is 758 Å². The van der Waals surface area contributed by atoms with Crippen LogP contribution in [0.1, 0.15) is 225 Å². The van der Waals surface area contributed by atoms with Gasteiger partial charge in [-0.3, -0.25) is 28.8 Å². The van der Waals surface area contributed by atoms with Crippen LogP contribution < -0.4 is 0 Å². The SMILES string of the molecule is C#CCC1=C(C)[C@@H](OC(=O)C2C(C=C(C)C)C2(C)C)CC1=O.CC[C@H]1CCC[C@H](O[C@H]2CC[C@H](N(C)C)[C@@H](C)O2)[C@@H](C)C(=O)C2=C[C@@H]3[C@@H](C=C(C)[C@@H]4C[C@@H](O[C@@H]5O[C@@H](C)[C@H](OC)[C@@H](OC)[C@H]5OC)C[C@@H]34)[C@@H]2CC(=O)O1.CC[C@H]1CCC[C@H](O[C@H]2CC[C@H](N(C)C)[C@@H](C)O2)[C@@H](C)C(=O)C2=C[C@@H]3[C@@H](C=C[C@@H]4C[C@@H](O[C@@H]5O[C@@H](C)[C@H](OC)[C@@H](OC)[C@H]5OC)C[C@@H]34)[C@@H]2CC(=O)O1. The molecule has 127 heavy (non-hydrogen) atoms. The van der Waals surface area contributed by atoms with E-state index >= 15 is 0 Å². The number of rotatable bonds is 22. The minimum atomic E-state index is -0.598. The summed E-state index contributed by atoms with van der Waals surface area (Å²) >= 11 is 0. The zero-order valence-corrected chi connectivity index (χ0v) is 80.8. The summed E-state index contributed by atoms with van der Waals surface area (Å²) < 4.78 is 105. The van der Waals surface area contributed by atoms with Crippen molar-refractivity contribution in [2.75, 3.05) is 70.8 Å². The molecule has 14 aliphatic rings. The third kappa shape index (κ3) is 22.6. The number of ether oxygens (including phenoxy) is 17. The zero-order chi connectivity index (χ0) is 92.1. The number of cyclic esters (lactones) is 2. The summed E-state index contributed by atoms with van der Waals surface area (Å²) in [5.74, 6) is 2.42. The van der Waals surface area contributed by atoms with E-state index in [2.05, 4.69) is 129 Å². The molecule has 3 saturated carbocycles. The van der Waals surface area contributed by atoms with Gasteiger partial charge in [-0.15, -0.1) is 12.3 Å². The molecule has 0 aromatic carbocycles. The van der Waals surface area contributed by atoms with E-state index in [4.69, 9.17) is 87.0 Å². The van der Waals surface area contributed by atoms with E-state index < -0.39 is 30.9 Å². The monoisotopic (exact) mass is 1780 g/mol. The second-order valence-corrected chi connectivity index (χ2v) is 40.6. The fraction of sp³-hybridized carbons (Fsp3) is 0.804. The molecule has 2 unspecified atom stereocenters. The van der Waals surface area contributed by atoms with Crippen molar-refractivity contribution in [1.82, 2.24) is 9.80 Å². The molecule has 8 aliphatic carbocycles. The van der Waals surface area contributed by atoms with Crippen LogP contribution in [0.25, 0.3) is 0 Å². The number of fused-ring (bicyclic) bond motifs is 10. The Kier molecular flexibility index (Phi) is 35.1. The van der Waals surface area contributed by atoms with Crippen molar-refractivity contribution < 1.29 is 109 Å². The summed E-state index contributed by atoms with van der Waals surface area (Å²) in [5, 5.41) is 0. The first-order valence-electron chi connectivity index (χ1n) is 48.1. The summed E-state index contributed by atoms with van der Waals surface area (Å²) in [5.41, 5.74) is 5.42. The molecule has 6 saturated heterocycles. The maximum absolute atomic E-state index is 14.7. The number of carbonyl (C=O) groups excluding carboxylic acids is 6. The molecule has 37 atom stereocenters. The van der Waals surface area contributed by atoms with E-state index in [1.807, 2.05) is 48.5 Å². The third-order valence-corrected chi connectivity index (χ3v) is 31.8. The highest BCUT2D eigenvalue weighted by molar-refractivity contribution is 6.01. The van der Waals surface area contributed by atoms with Crippen LogP contribution in [0.5, 0.6) is 0 Å². The predicted molar refractivity (Wildman–Crippen MR) is 479 cm³/mol. The lowest BCUT2D eigenvalue weighted by atomic mass is 9.67. The number of Topliss-reactive ketones (excluding diaryl/α,β-unsaturated/α-hetero) is 3. The number of carbonyl (C=O) groups is 6. The van der Waals surface area contributed by atoms with Crippen LogP contribution in [-0.2, 0) is 109 Å². The highest BCUT2D eigenvalue weighted by Gasteiger charge is 2.63. The molecule has 0 aromatic heterocycles. The first-order valence-corrected chi connectivity index (χ1v) is 48.1. The number of nitrogens with zero attached hydrogens (tertiary/aromatic N) is 2. The number of hydrogen-bond donors (Lipinski definition) is 0. The lowest BCUT2D eigenvalue weighted by Crippen LogP contribution is -2.59. The molecule has 0 spiro atoms. The number of terminal acetylenes is 1. The molecule has 6 aliphatic heterocycles. The van der Waals surface area contributed by atoms with E-state index in [-0.39, 0.29) is 229 Å². The fourth-order valence-corrected chi connectivity index (χ4v) is 24.5. The number of ketones is 3. The van der Waals surface area contributed by atoms with Gasteiger partial charge in [0.1, 0.15) is 54.9 Å². The minimum Gasteiger partial charge on any atom is -0.462 e. The van der Waals surface area contributed by atoms with Gasteiger partial charge < -0.3 is 90.3 Å². The van der Waals surface area contributed by atoms with Crippen LogP contribution in [0, 0.1) is 101 Å². The molecule has 0 amide bonds. The van der Waals surface area contributed by atoms with Gasteiger partial charge in [0.25, 0.3) is 0 Å². The molecule has 0 N–H and O–H groups in total. The van der Waals surface area contributed by atoms with E-state index in [1.54, 1.807) is 42.7 Å². The molecule has 14 rings (SSSR count). The standard InChI is InChI=1S/C42H67NO10.C41H65NO10.C19H24O3/c1-11-26-13-12-14-35(53-37-16-15-34(43(6)7)24(4)49-37)23(3)38(45)33-20-31-29(32(33)21-36(44)51-26)17-22(2)28-18-27(19-30(28)31)52-42-41(48-10)40(47-9)39(46-8)25(5)50-42;1-10-26-12-11-13-34(52-36-17-16-33(42(5)6)23(3)48-36)22(2)37(44)32-20-30-28(31(32)21-35(43)50-26)15-14-25-18-27(19-29(25)30)51-41-40(47-9)39(46-8)38(45-7)24(4)49-41;1-7-8-13-12(4)16(10-15(13)20)22-18(21)17-14(9-11(2)3)19(17,5)6/h17,20,23-32,34-35,37,39-42H,11-16,18-19,21H2,1-10H3;14-15,20,22-31,33-34,36,38-41H,10-13,16-19,21H2,1-9H3;1,9,14,16-17H,8,10H2,2-6H3/t23-,24-,25+,26+,27-,28+,29-,30-,31-,32+,34+,35+,37+,39+,40-,41-,42+;22-,23-,24+,25-,26+,27-,28-,29-,30-,31+,33+,34+,36+,38+,39-,40-,41+;14?,16-,17?/m110/s1. The number of likely N-dealkylation sites (N-methyl/N-ethyl adjacent to an activating group) is 2. The lowest BCUT2D eigenvalue weighted by molar-refractivity contribution is -0.314. The second kappa shape index (κ2) is 44.3. The van der Waals surface area contributed by atoms with Gasteiger partial charge >= 0.3 is 17.9 Å². The highest BCUT2D eigenvalue weighted by atomic mass is 16.7. The smallest absolute Gasteiger partial charge is 0.310 e. The summed E-state index contributed by atoms with van der Waals surface area (Å²) in [6.07, 6.45) is 26.9. The number of hydrogen-bond acceptors (Lipinski definition) is 25. The van der Waals surface area contributed by atoms with Crippen molar-refractivity contribution in [3.63, 3.8) is 0 Å². The van der Waals surface area contributed by atoms with E-state index in [9.17, 15) is 28.8 Å². The van der Waals surface area contributed by atoms with Gasteiger partial charge in [0.2, 0.25) is 0 Å². The van der Waals surface area contributed by atoms with E-state index in [1.165, 1.54) is 11.1 Å². The predicted octanol–water partition coefficient (Wildman–Crippen LogP) is 14.8. The average molecular weight is 1780 g/mol. The molecule has 0 radical (unpaired) electrons. The Balaban J connectivity index is 0.000000187. The summed E-state index contributed by atoms with van der Waals surface area (Å²) in [6.45, 7) is 28.6. The quantitative estimate of drug-likeness (QED) is 0.0422. The Bertz CT molecular complexity index is 4000. The maximum Gasteiger partial charge on any atom is 0.310 e. The second-order valence-electron chi connectivity index (χ2n) is 40.6. The van der Waals surface area contributed by atoms with Crippen molar-refractivity contribution in [2.24, 2.45) is 88.3 Å². The fourth-order valence-electron chi connectivity index (χ4n) is 24.5. The van der Waals surface area contributed by atoms with Gasteiger partial charge in [-0.05, 0) is 262 Å². The van der Waals surface area contributed by atoms with Gasteiger partial charge in [0, 0.05) is 90.4 Å². The highest BCUT2D eigenvalue weighted by Crippen LogP contribution is 2.61. The molecule has 0 bridgehead atoms. The summed E-state index contributed by atoms with van der Waals surface area (Å²) in [6, 6.07) is 0.676. The Morgan fingerprint density at radius 2 is 0.992 bits per heavy atom. The third-order valence-electron chi connectivity index (χ3n) is 31.8. The van der Waals surface area contributed by atoms with Crippen LogP contribution in [0.15, 0.2) is 69.9 Å². The number of methoxy groups -OCH3 is 6. The first kappa shape index (κ1) is 101. The van der Waals surface area contributed by atoms with Crippen molar-refractivity contribution in [1.29, 1.82) is 0 Å². The summed E-state index contributed by atoms with van der Waals surface area (Å²) in [7, 11) is 18.3. The molecule has 25 nitrogen and oxygen atoms in total. The van der Waals surface area contributed by atoms with Gasteiger partial charge in [-0.25, -0.2) is 0 Å². The van der Waals surface area contributed by atoms with Crippen LogP contribution in [-0.4, -0.2) is 257 Å². The average Bonchev–Trinajstić information content (AvgIpc) is 1.57. The van der Waals surface area contributed by atoms with E-state index in [0.717, 1.165) is 107 Å². The largest absolute Gasteiger partial charge is 0.462 e. The topological polar surface area (TPSA) is 266 Å². The van der Waals surface area contributed by atoms with Crippen LogP contribution in [0.3, 0.4) is 0 Å². The Morgan fingerprint density at radius 1 is 0.528 bits per heavy atom. The number of esters is 3. The first-order chi connectivity index (χ1) is 60.5. The van der Waals surface area contributed by atoms with Crippen LogP contribution in [0.4, 0.5) is 0 Å². The Morgan fingerprint density at radius 3 is 1.44 bits per heavy atom. The van der Waals surface area contributed by atoms with Crippen molar-refractivity contribution >= 4 is 35.3 Å². The summed E-state index contributed by atoms with van der Waals surface area (Å²) in [4.78, 5) is 85.3. The van der Waals surface area contributed by atoms with Crippen LogP contribution in [0.2, 0.25) is 0 Å². The number of allylic oxidation sites excluding steroid dienone is 11. The van der Waals surface area contributed by atoms with E-state index in [0.29, 0.717) is 48.8 Å². The maximum atomic E-state index is 14.7. The van der Waals surface area contributed by atoms with Crippen LogP contribution >= 0.6 is 0 Å². The van der Waals surface area contributed by atoms with Gasteiger partial charge in [0.05, 0.1) is 74.0 Å². The molecule has 712 valence electrons. The molecule has 6 heterocycles. The Hall–Kier alpha value is -5.22. The molecule has 25 heteroatoms. The van der Waals surface area contributed by atoms with Gasteiger partial charge in [0.15, 0.2) is 42.5 Å². The van der Waals surface area contributed by atoms with Crippen molar-refractivity contribution in [2.45, 2.75) is 366 Å². The van der Waals surface area contributed by atoms with Crippen molar-refractivity contribution in [3.8, 4) is 12.3 Å². The normalized spacial score (nSPS) is 42.7. The van der Waals surface area contributed by atoms with Crippen molar-refractivity contribution in [3.05, 3.63) is 69.9 Å². The van der Waals surface area contributed by atoms with Gasteiger partial charge in [-0.1, -0.05) is 89.1 Å². The lowest BCUT2D eigenvalue weighted by Gasteiger charge is -2.44. The zero-order valence-electron chi connectivity index (χ0n) is 80.8. The molecular formula is C102H156N2O23. The molecule has 9 fully saturated rings. The van der Waals surface area contributed by atoms with Gasteiger partial charge in [-0.2, -0.15) is 0 Å². The minimum absolute atomic E-state index is 0.00385. The molecular weight excluding hydrogens is 1620 g/mol. The molecule has 0 aromatic rings.